The fourth-order valence-electron chi connectivity index (χ4n) is 1.04. The van der Waals surface area contributed by atoms with Crippen molar-refractivity contribution in [1.82, 2.24) is 0 Å². The van der Waals surface area contributed by atoms with Gasteiger partial charge in [-0.3, -0.25) is 0 Å². The van der Waals surface area contributed by atoms with E-state index in [9.17, 15) is 0 Å². The third-order valence-corrected chi connectivity index (χ3v) is 1.56. The molecule has 0 saturated carbocycles. The lowest BCUT2D eigenvalue weighted by Gasteiger charge is -2.00. The Bertz CT molecular complexity index is 171. The van der Waals surface area contributed by atoms with Crippen LogP contribution in [-0.2, 0) is 0 Å². The predicted molar refractivity (Wildman–Crippen MR) is 53.8 cm³/mol. The quantitative estimate of drug-likeness (QED) is 0.638. The van der Waals surface area contributed by atoms with E-state index in [4.69, 9.17) is 5.11 Å². The van der Waals surface area contributed by atoms with Crippen molar-refractivity contribution in [3.63, 3.8) is 0 Å². The van der Waals surface area contributed by atoms with Crippen molar-refractivity contribution in [3.8, 4) is 0 Å². The van der Waals surface area contributed by atoms with Crippen LogP contribution in [0.3, 0.4) is 0 Å². The first kappa shape index (κ1) is 11.4. The molecule has 0 amide bonds. The first-order valence-electron chi connectivity index (χ1n) is 4.36. The molecule has 0 aromatic carbocycles. The minimum Gasteiger partial charge on any atom is -0.389 e. The zero-order valence-electron chi connectivity index (χ0n) is 8.30. The summed E-state index contributed by atoms with van der Waals surface area (Å²) in [5, 5.41) is 9.03. The average molecular weight is 167 g/mol. The van der Waals surface area contributed by atoms with Crippen LogP contribution in [0.2, 0.25) is 0 Å². The van der Waals surface area contributed by atoms with Gasteiger partial charge in [-0.1, -0.05) is 23.3 Å². The zero-order valence-corrected chi connectivity index (χ0v) is 8.30. The first-order valence-corrected chi connectivity index (χ1v) is 4.36. The summed E-state index contributed by atoms with van der Waals surface area (Å²) in [7, 11) is 0. The molecule has 0 rings (SSSR count). The van der Waals surface area contributed by atoms with Crippen LogP contribution in [0, 0.1) is 6.92 Å². The van der Waals surface area contributed by atoms with Gasteiger partial charge in [0.25, 0.3) is 0 Å². The third kappa shape index (κ3) is 7.55. The topological polar surface area (TPSA) is 20.2 Å². The van der Waals surface area contributed by atoms with Crippen LogP contribution in [0.1, 0.15) is 33.6 Å². The summed E-state index contributed by atoms with van der Waals surface area (Å²) in [5.74, 6) is 0. The Balaban J connectivity index is 3.71. The molecule has 0 saturated heterocycles. The smallest absolute Gasteiger partial charge is 0.0695 e. The number of aliphatic hydroxyl groups is 1. The maximum atomic E-state index is 9.03. The molecule has 1 atom stereocenters. The van der Waals surface area contributed by atoms with E-state index in [1.54, 1.807) is 6.92 Å². The molecule has 1 nitrogen and oxygen atoms in total. The normalized spacial score (nSPS) is 16.4. The Morgan fingerprint density at radius 1 is 1.50 bits per heavy atom. The highest BCUT2D eigenvalue weighted by Crippen LogP contribution is 2.07. The van der Waals surface area contributed by atoms with Gasteiger partial charge in [-0.2, -0.15) is 0 Å². The highest BCUT2D eigenvalue weighted by Gasteiger charge is 1.91. The van der Waals surface area contributed by atoms with Crippen LogP contribution in [-0.4, -0.2) is 11.2 Å². The molecule has 0 aliphatic rings. The van der Waals surface area contributed by atoms with E-state index in [1.807, 2.05) is 19.9 Å². The van der Waals surface area contributed by atoms with E-state index in [2.05, 4.69) is 13.0 Å². The van der Waals surface area contributed by atoms with Crippen molar-refractivity contribution >= 4 is 0 Å². The van der Waals surface area contributed by atoms with E-state index in [1.165, 1.54) is 5.57 Å². The van der Waals surface area contributed by atoms with Gasteiger partial charge in [-0.25, -0.2) is 0 Å². The highest BCUT2D eigenvalue weighted by atomic mass is 16.3. The summed E-state index contributed by atoms with van der Waals surface area (Å²) in [6.45, 7) is 9.59. The molecule has 0 aliphatic heterocycles. The van der Waals surface area contributed by atoms with Crippen LogP contribution >= 0.6 is 0 Å². The number of rotatable bonds is 4. The summed E-state index contributed by atoms with van der Waals surface area (Å²) in [4.78, 5) is 0. The van der Waals surface area contributed by atoms with E-state index in [0.29, 0.717) is 0 Å². The van der Waals surface area contributed by atoms with E-state index in [-0.39, 0.29) is 6.10 Å². The fourth-order valence-corrected chi connectivity index (χ4v) is 1.04. The summed E-state index contributed by atoms with van der Waals surface area (Å²) < 4.78 is 0. The van der Waals surface area contributed by atoms with Crippen molar-refractivity contribution in [2.24, 2.45) is 0 Å². The molecule has 0 aromatic heterocycles. The monoisotopic (exact) mass is 167 g/mol. The van der Waals surface area contributed by atoms with E-state index in [0.717, 1.165) is 18.4 Å². The molecule has 1 radical (unpaired) electrons. The van der Waals surface area contributed by atoms with Gasteiger partial charge >= 0.3 is 0 Å². The zero-order chi connectivity index (χ0) is 9.56. The van der Waals surface area contributed by atoms with Crippen molar-refractivity contribution in [3.05, 3.63) is 30.2 Å². The Morgan fingerprint density at radius 3 is 2.50 bits per heavy atom. The summed E-state index contributed by atoms with van der Waals surface area (Å²) in [6, 6.07) is 0. The Hall–Kier alpha value is -0.560. The third-order valence-electron chi connectivity index (χ3n) is 1.56. The van der Waals surface area contributed by atoms with Crippen LogP contribution in [0.5, 0.6) is 0 Å². The Labute approximate surface area is 75.8 Å². The van der Waals surface area contributed by atoms with Crippen LogP contribution in [0.4, 0.5) is 0 Å². The molecular formula is C11H19O. The largest absolute Gasteiger partial charge is 0.389 e. The molecule has 0 bridgehead atoms. The molecule has 69 valence electrons. The van der Waals surface area contributed by atoms with Gasteiger partial charge in [0, 0.05) is 0 Å². The second-order valence-corrected chi connectivity index (χ2v) is 3.34. The molecular weight excluding hydrogens is 148 g/mol. The van der Waals surface area contributed by atoms with E-state index < -0.39 is 0 Å². The maximum Gasteiger partial charge on any atom is 0.0695 e. The minimum absolute atomic E-state index is 0.324. The number of hydrogen-bond donors (Lipinski definition) is 1. The molecule has 0 heterocycles. The Morgan fingerprint density at radius 2 is 2.08 bits per heavy atom. The summed E-state index contributed by atoms with van der Waals surface area (Å²) >= 11 is 0. The Kier molecular flexibility index (Phi) is 5.73. The lowest BCUT2D eigenvalue weighted by Crippen LogP contribution is -1.94. The summed E-state index contributed by atoms with van der Waals surface area (Å²) in [6.07, 6.45) is 5.70. The van der Waals surface area contributed by atoms with Gasteiger partial charge in [0.2, 0.25) is 0 Å². The molecule has 0 aliphatic carbocycles. The van der Waals surface area contributed by atoms with Gasteiger partial charge in [0.05, 0.1) is 6.10 Å². The van der Waals surface area contributed by atoms with Gasteiger partial charge < -0.3 is 5.11 Å². The van der Waals surface area contributed by atoms with Crippen molar-refractivity contribution in [2.75, 3.05) is 0 Å². The maximum absolute atomic E-state index is 9.03. The second-order valence-electron chi connectivity index (χ2n) is 3.34. The molecule has 0 aromatic rings. The standard InChI is InChI=1S/C11H19O/c1-9(2)6-5-7-10(3)8-11(4)12/h6,8,11-12H,1,5,7H2,2-4H3. The van der Waals surface area contributed by atoms with E-state index >= 15 is 0 Å². The fraction of sp³-hybridized carbons (Fsp3) is 0.545. The molecule has 0 spiro atoms. The van der Waals surface area contributed by atoms with Crippen molar-refractivity contribution in [2.45, 2.75) is 39.7 Å². The summed E-state index contributed by atoms with van der Waals surface area (Å²) in [5.41, 5.74) is 2.35. The number of aliphatic hydroxyl groups excluding tert-OH is 1. The molecule has 12 heavy (non-hydrogen) atoms. The van der Waals surface area contributed by atoms with Crippen molar-refractivity contribution in [1.29, 1.82) is 0 Å². The molecule has 1 N–H and O–H groups in total. The lowest BCUT2D eigenvalue weighted by atomic mass is 10.1. The molecule has 0 fully saturated rings. The van der Waals surface area contributed by atoms with Crippen LogP contribution in [0.25, 0.3) is 0 Å². The van der Waals surface area contributed by atoms with Crippen LogP contribution in [0.15, 0.2) is 23.3 Å². The SMILES string of the molecule is [CH2]C(C)=CCCC(C)=CC(C)O. The first-order chi connectivity index (χ1) is 5.52. The second kappa shape index (κ2) is 6.01. The van der Waals surface area contributed by atoms with Crippen LogP contribution < -0.4 is 0 Å². The van der Waals surface area contributed by atoms with Crippen molar-refractivity contribution < 1.29 is 5.11 Å². The van der Waals surface area contributed by atoms with Gasteiger partial charge in [-0.05, 0) is 40.5 Å². The minimum atomic E-state index is -0.324. The van der Waals surface area contributed by atoms with Gasteiger partial charge in [0.15, 0.2) is 0 Å². The predicted octanol–water partition coefficient (Wildman–Crippen LogP) is 2.87. The number of allylic oxidation sites excluding steroid dienone is 3. The van der Waals surface area contributed by atoms with Gasteiger partial charge in [-0.15, -0.1) is 0 Å². The average Bonchev–Trinajstić information content (AvgIpc) is 1.84. The van der Waals surface area contributed by atoms with Gasteiger partial charge in [0.1, 0.15) is 0 Å². The lowest BCUT2D eigenvalue weighted by molar-refractivity contribution is 0.243. The molecule has 1 heteroatoms. The number of hydrogen-bond acceptors (Lipinski definition) is 1. The highest BCUT2D eigenvalue weighted by molar-refractivity contribution is 5.06. The molecule has 1 unspecified atom stereocenters.